The first-order valence-corrected chi connectivity index (χ1v) is 6.55. The van der Waals surface area contributed by atoms with Gasteiger partial charge in [-0.25, -0.2) is 0 Å². The van der Waals surface area contributed by atoms with Crippen LogP contribution in [0.1, 0.15) is 32.1 Å². The molecule has 0 amide bonds. The smallest absolute Gasteiger partial charge is 0.168 e. The van der Waals surface area contributed by atoms with Gasteiger partial charge in [0.15, 0.2) is 5.79 Å². The molecule has 2 atom stereocenters. The lowest BCUT2D eigenvalue weighted by atomic mass is 10.2. The van der Waals surface area contributed by atoms with E-state index in [0.717, 1.165) is 45.5 Å². The molecule has 0 aromatic heterocycles. The highest BCUT2D eigenvalue weighted by Gasteiger charge is 2.44. The predicted octanol–water partition coefficient (Wildman–Crippen LogP) is 0.705. The molecule has 0 bridgehead atoms. The minimum atomic E-state index is -0.202. The summed E-state index contributed by atoms with van der Waals surface area (Å²) in [5.74, 6) is -0.202. The Morgan fingerprint density at radius 3 is 2.81 bits per heavy atom. The Balaban J connectivity index is 1.50. The Morgan fingerprint density at radius 1 is 1.31 bits per heavy atom. The molecular weight excluding hydrogens is 204 g/mol. The summed E-state index contributed by atoms with van der Waals surface area (Å²) in [7, 11) is 0. The fourth-order valence-electron chi connectivity index (χ4n) is 3.20. The molecule has 0 radical (unpaired) electrons. The zero-order valence-corrected chi connectivity index (χ0v) is 9.86. The number of hydrogen-bond donors (Lipinski definition) is 1. The van der Waals surface area contributed by atoms with E-state index in [1.54, 1.807) is 0 Å². The van der Waals surface area contributed by atoms with Gasteiger partial charge in [0.05, 0.1) is 12.7 Å². The van der Waals surface area contributed by atoms with Crippen LogP contribution in [-0.2, 0) is 9.47 Å². The lowest BCUT2D eigenvalue weighted by Gasteiger charge is -2.23. The third kappa shape index (κ3) is 2.12. The Morgan fingerprint density at radius 2 is 2.12 bits per heavy atom. The Hall–Kier alpha value is -0.160. The molecule has 2 heterocycles. The molecule has 3 aliphatic rings. The molecular formula is C12H22N2O2. The molecule has 16 heavy (non-hydrogen) atoms. The van der Waals surface area contributed by atoms with Crippen molar-refractivity contribution < 1.29 is 9.47 Å². The van der Waals surface area contributed by atoms with Crippen molar-refractivity contribution in [3.63, 3.8) is 0 Å². The molecule has 2 N–H and O–H groups in total. The zero-order chi connectivity index (χ0) is 11.0. The lowest BCUT2D eigenvalue weighted by Crippen LogP contribution is -2.35. The third-order valence-electron chi connectivity index (χ3n) is 4.05. The van der Waals surface area contributed by atoms with Gasteiger partial charge in [-0.15, -0.1) is 0 Å². The SMILES string of the molecule is N[C@H]1CCN(CC2COC3(CCCC3)O2)C1. The van der Waals surface area contributed by atoms with Crippen LogP contribution < -0.4 is 5.73 Å². The van der Waals surface area contributed by atoms with Gasteiger partial charge in [0.25, 0.3) is 0 Å². The fourth-order valence-corrected chi connectivity index (χ4v) is 3.20. The van der Waals surface area contributed by atoms with Crippen molar-refractivity contribution in [3.8, 4) is 0 Å². The van der Waals surface area contributed by atoms with Gasteiger partial charge in [0.1, 0.15) is 0 Å². The van der Waals surface area contributed by atoms with E-state index >= 15 is 0 Å². The van der Waals surface area contributed by atoms with E-state index in [0.29, 0.717) is 6.04 Å². The highest BCUT2D eigenvalue weighted by atomic mass is 16.7. The molecule has 3 rings (SSSR count). The summed E-state index contributed by atoms with van der Waals surface area (Å²) in [6, 6.07) is 0.364. The molecule has 4 heteroatoms. The van der Waals surface area contributed by atoms with E-state index in [2.05, 4.69) is 4.90 Å². The van der Waals surface area contributed by atoms with Crippen LogP contribution in [0.5, 0.6) is 0 Å². The second-order valence-electron chi connectivity index (χ2n) is 5.48. The van der Waals surface area contributed by atoms with Crippen LogP contribution in [0.15, 0.2) is 0 Å². The number of hydrogen-bond acceptors (Lipinski definition) is 4. The van der Waals surface area contributed by atoms with Crippen LogP contribution >= 0.6 is 0 Å². The fraction of sp³-hybridized carbons (Fsp3) is 1.00. The highest BCUT2D eigenvalue weighted by molar-refractivity contribution is 4.87. The topological polar surface area (TPSA) is 47.7 Å². The van der Waals surface area contributed by atoms with Crippen LogP contribution in [0.3, 0.4) is 0 Å². The van der Waals surface area contributed by atoms with E-state index in [1.165, 1.54) is 12.8 Å². The normalized spacial score (nSPS) is 38.8. The molecule has 1 saturated carbocycles. The van der Waals surface area contributed by atoms with Crippen molar-refractivity contribution in [2.45, 2.75) is 50.0 Å². The van der Waals surface area contributed by atoms with Gasteiger partial charge in [-0.1, -0.05) is 0 Å². The second-order valence-corrected chi connectivity index (χ2v) is 5.48. The monoisotopic (exact) mass is 226 g/mol. The molecule has 2 saturated heterocycles. The van der Waals surface area contributed by atoms with Crippen molar-refractivity contribution in [3.05, 3.63) is 0 Å². The van der Waals surface area contributed by atoms with Gasteiger partial charge in [-0.05, 0) is 25.8 Å². The molecule has 4 nitrogen and oxygen atoms in total. The summed E-state index contributed by atoms with van der Waals surface area (Å²) >= 11 is 0. The number of rotatable bonds is 2. The summed E-state index contributed by atoms with van der Waals surface area (Å²) in [4.78, 5) is 2.41. The average molecular weight is 226 g/mol. The zero-order valence-electron chi connectivity index (χ0n) is 9.86. The van der Waals surface area contributed by atoms with Crippen molar-refractivity contribution in [1.82, 2.24) is 4.90 Å². The van der Waals surface area contributed by atoms with Gasteiger partial charge < -0.3 is 15.2 Å². The van der Waals surface area contributed by atoms with Gasteiger partial charge >= 0.3 is 0 Å². The minimum Gasteiger partial charge on any atom is -0.347 e. The number of nitrogens with two attached hydrogens (primary N) is 1. The van der Waals surface area contributed by atoms with Crippen LogP contribution in [-0.4, -0.2) is 49.1 Å². The van der Waals surface area contributed by atoms with Crippen LogP contribution in [0.25, 0.3) is 0 Å². The van der Waals surface area contributed by atoms with Crippen LogP contribution in [0.4, 0.5) is 0 Å². The summed E-state index contributed by atoms with van der Waals surface area (Å²) in [6.07, 6.45) is 6.07. The number of ether oxygens (including phenoxy) is 2. The first-order valence-electron chi connectivity index (χ1n) is 6.55. The first kappa shape index (κ1) is 11.0. The Bertz CT molecular complexity index is 253. The van der Waals surface area contributed by atoms with Crippen LogP contribution in [0.2, 0.25) is 0 Å². The Labute approximate surface area is 97.1 Å². The van der Waals surface area contributed by atoms with Gasteiger partial charge in [0, 0.05) is 32.0 Å². The molecule has 1 unspecified atom stereocenters. The molecule has 0 aromatic rings. The van der Waals surface area contributed by atoms with Crippen molar-refractivity contribution in [2.24, 2.45) is 5.73 Å². The molecule has 3 fully saturated rings. The van der Waals surface area contributed by atoms with Gasteiger partial charge in [-0.3, -0.25) is 4.90 Å². The molecule has 1 spiro atoms. The van der Waals surface area contributed by atoms with Gasteiger partial charge in [-0.2, -0.15) is 0 Å². The van der Waals surface area contributed by atoms with E-state index in [1.807, 2.05) is 0 Å². The van der Waals surface area contributed by atoms with E-state index in [-0.39, 0.29) is 11.9 Å². The largest absolute Gasteiger partial charge is 0.347 e. The molecule has 0 aromatic carbocycles. The summed E-state index contributed by atoms with van der Waals surface area (Å²) in [6.45, 7) is 3.90. The summed E-state index contributed by atoms with van der Waals surface area (Å²) < 4.78 is 12.0. The van der Waals surface area contributed by atoms with E-state index in [4.69, 9.17) is 15.2 Å². The molecule has 1 aliphatic carbocycles. The average Bonchev–Trinajstić information content (AvgIpc) is 2.94. The molecule has 2 aliphatic heterocycles. The molecule has 92 valence electrons. The summed E-state index contributed by atoms with van der Waals surface area (Å²) in [5.41, 5.74) is 5.90. The van der Waals surface area contributed by atoms with E-state index in [9.17, 15) is 0 Å². The quantitative estimate of drug-likeness (QED) is 0.753. The number of likely N-dealkylation sites (tertiary alicyclic amines) is 1. The Kier molecular flexibility index (Phi) is 2.92. The maximum Gasteiger partial charge on any atom is 0.168 e. The second kappa shape index (κ2) is 4.26. The predicted molar refractivity (Wildman–Crippen MR) is 61.1 cm³/mol. The minimum absolute atomic E-state index is 0.202. The third-order valence-corrected chi connectivity index (χ3v) is 4.05. The summed E-state index contributed by atoms with van der Waals surface area (Å²) in [5, 5.41) is 0. The number of nitrogens with zero attached hydrogens (tertiary/aromatic N) is 1. The standard InChI is InChI=1S/C12H22N2O2/c13-10-3-6-14(7-10)8-11-9-15-12(16-11)4-1-2-5-12/h10-11H,1-9,13H2/t10-,11?/m0/s1. The van der Waals surface area contributed by atoms with E-state index < -0.39 is 0 Å². The maximum absolute atomic E-state index is 6.10. The van der Waals surface area contributed by atoms with Crippen molar-refractivity contribution in [1.29, 1.82) is 0 Å². The van der Waals surface area contributed by atoms with Crippen molar-refractivity contribution >= 4 is 0 Å². The highest BCUT2D eigenvalue weighted by Crippen LogP contribution is 2.39. The lowest BCUT2D eigenvalue weighted by molar-refractivity contribution is -0.163. The maximum atomic E-state index is 6.10. The van der Waals surface area contributed by atoms with Crippen LogP contribution in [0, 0.1) is 0 Å². The first-order chi connectivity index (χ1) is 7.76. The van der Waals surface area contributed by atoms with Gasteiger partial charge in [0.2, 0.25) is 0 Å². The van der Waals surface area contributed by atoms with Crippen molar-refractivity contribution in [2.75, 3.05) is 26.2 Å².